The van der Waals surface area contributed by atoms with Crippen molar-refractivity contribution in [1.82, 2.24) is 0 Å². The highest BCUT2D eigenvalue weighted by Crippen LogP contribution is 2.13. The van der Waals surface area contributed by atoms with Crippen LogP contribution in [-0.2, 0) is 11.3 Å². The summed E-state index contributed by atoms with van der Waals surface area (Å²) in [5.41, 5.74) is 0.0814. The minimum Gasteiger partial charge on any atom is -0.382 e. The van der Waals surface area contributed by atoms with Gasteiger partial charge in [0.1, 0.15) is 5.60 Å². The van der Waals surface area contributed by atoms with Crippen molar-refractivity contribution in [2.45, 2.75) is 25.9 Å². The van der Waals surface area contributed by atoms with Gasteiger partial charge in [0.05, 0.1) is 6.61 Å². The zero-order chi connectivity index (χ0) is 12.2. The zero-order valence-corrected chi connectivity index (χ0v) is 9.43. The third-order valence-corrected chi connectivity index (χ3v) is 2.25. The molecule has 1 aromatic carbocycles. The van der Waals surface area contributed by atoms with Crippen LogP contribution in [0.25, 0.3) is 0 Å². The number of hydrogen-bond acceptors (Lipinski definition) is 4. The second-order valence-corrected chi connectivity index (χ2v) is 4.17. The molecule has 4 heteroatoms. The minimum atomic E-state index is -1.35. The fraction of sp³-hybridized carbons (Fsp3) is 0.417. The maximum atomic E-state index is 11.7. The maximum absolute atomic E-state index is 11.7. The average molecular weight is 224 g/mol. The van der Waals surface area contributed by atoms with E-state index in [4.69, 9.17) is 5.26 Å². The van der Waals surface area contributed by atoms with Crippen LogP contribution in [0.4, 0.5) is 0 Å². The van der Waals surface area contributed by atoms with E-state index in [1.54, 1.807) is 24.3 Å². The molecule has 88 valence electrons. The summed E-state index contributed by atoms with van der Waals surface area (Å²) in [6.45, 7) is 3.14. The molecule has 0 saturated heterocycles. The Morgan fingerprint density at radius 1 is 1.31 bits per heavy atom. The van der Waals surface area contributed by atoms with Gasteiger partial charge in [-0.05, 0) is 25.8 Å². The molecule has 4 nitrogen and oxygen atoms in total. The van der Waals surface area contributed by atoms with Crippen LogP contribution in [0, 0.1) is 0 Å². The molecule has 0 bridgehead atoms. The van der Waals surface area contributed by atoms with Crippen molar-refractivity contribution in [2.75, 3.05) is 6.61 Å². The Morgan fingerprint density at radius 2 is 1.88 bits per heavy atom. The van der Waals surface area contributed by atoms with Gasteiger partial charge in [-0.15, -0.1) is 0 Å². The van der Waals surface area contributed by atoms with Crippen molar-refractivity contribution in [3.8, 4) is 0 Å². The van der Waals surface area contributed by atoms with Crippen molar-refractivity contribution in [3.05, 3.63) is 35.4 Å². The van der Waals surface area contributed by atoms with Gasteiger partial charge in [-0.25, -0.2) is 4.89 Å². The van der Waals surface area contributed by atoms with Crippen LogP contribution >= 0.6 is 0 Å². The lowest BCUT2D eigenvalue weighted by Crippen LogP contribution is -2.31. The third-order valence-electron chi connectivity index (χ3n) is 2.25. The molecular weight excluding hydrogens is 208 g/mol. The van der Waals surface area contributed by atoms with Crippen molar-refractivity contribution >= 4 is 5.78 Å². The topological polar surface area (TPSA) is 66.8 Å². The number of benzene rings is 1. The van der Waals surface area contributed by atoms with Crippen LogP contribution in [0.2, 0.25) is 0 Å². The van der Waals surface area contributed by atoms with E-state index in [0.717, 1.165) is 5.56 Å². The SMILES string of the molecule is CC(C)(O)C(=O)c1ccc(CCOO)cc1. The second-order valence-electron chi connectivity index (χ2n) is 4.17. The Kier molecular flexibility index (Phi) is 4.18. The third kappa shape index (κ3) is 3.41. The first-order valence-electron chi connectivity index (χ1n) is 5.07. The van der Waals surface area contributed by atoms with Gasteiger partial charge in [0.25, 0.3) is 0 Å². The maximum Gasteiger partial charge on any atom is 0.193 e. The average Bonchev–Trinajstić information content (AvgIpc) is 2.25. The number of hydrogen-bond donors (Lipinski definition) is 2. The molecule has 1 rings (SSSR count). The molecule has 16 heavy (non-hydrogen) atoms. The summed E-state index contributed by atoms with van der Waals surface area (Å²) in [5, 5.41) is 17.7. The fourth-order valence-electron chi connectivity index (χ4n) is 1.34. The Labute approximate surface area is 94.4 Å². The molecule has 0 fully saturated rings. The Hall–Kier alpha value is -1.23. The molecular formula is C12H16O4. The molecule has 0 heterocycles. The van der Waals surface area contributed by atoms with Crippen LogP contribution in [0.5, 0.6) is 0 Å². The fourth-order valence-corrected chi connectivity index (χ4v) is 1.34. The first-order valence-corrected chi connectivity index (χ1v) is 5.07. The first kappa shape index (κ1) is 12.8. The number of rotatable bonds is 5. The molecule has 0 spiro atoms. The summed E-state index contributed by atoms with van der Waals surface area (Å²) in [5.74, 6) is -0.308. The summed E-state index contributed by atoms with van der Waals surface area (Å²) in [4.78, 5) is 15.6. The Bertz CT molecular complexity index is 348. The Morgan fingerprint density at radius 3 is 2.31 bits per heavy atom. The molecule has 0 aliphatic rings. The summed E-state index contributed by atoms with van der Waals surface area (Å²) < 4.78 is 0. The minimum absolute atomic E-state index is 0.221. The lowest BCUT2D eigenvalue weighted by molar-refractivity contribution is -0.241. The van der Waals surface area contributed by atoms with Gasteiger partial charge < -0.3 is 5.11 Å². The highest BCUT2D eigenvalue weighted by Gasteiger charge is 2.24. The van der Waals surface area contributed by atoms with Crippen LogP contribution in [0.15, 0.2) is 24.3 Å². The number of Topliss-reactive ketones (excluding diaryl/α,β-unsaturated/α-hetero) is 1. The van der Waals surface area contributed by atoms with E-state index in [0.29, 0.717) is 12.0 Å². The van der Waals surface area contributed by atoms with Gasteiger partial charge in [0.2, 0.25) is 0 Å². The number of ketones is 1. The highest BCUT2D eigenvalue weighted by molar-refractivity contribution is 6.01. The normalized spacial score (nSPS) is 11.5. The van der Waals surface area contributed by atoms with Crippen LogP contribution in [0.3, 0.4) is 0 Å². The van der Waals surface area contributed by atoms with E-state index >= 15 is 0 Å². The van der Waals surface area contributed by atoms with Gasteiger partial charge >= 0.3 is 0 Å². The molecule has 0 aliphatic heterocycles. The molecule has 0 amide bonds. The number of aliphatic hydroxyl groups is 1. The van der Waals surface area contributed by atoms with Crippen LogP contribution in [0.1, 0.15) is 29.8 Å². The van der Waals surface area contributed by atoms with Crippen molar-refractivity contribution < 1.29 is 20.0 Å². The molecule has 0 atom stereocenters. The highest BCUT2D eigenvalue weighted by atomic mass is 17.1. The molecule has 0 radical (unpaired) electrons. The van der Waals surface area contributed by atoms with E-state index in [9.17, 15) is 9.90 Å². The van der Waals surface area contributed by atoms with Crippen LogP contribution in [-0.4, -0.2) is 28.4 Å². The van der Waals surface area contributed by atoms with E-state index in [-0.39, 0.29) is 12.4 Å². The van der Waals surface area contributed by atoms with Crippen LogP contribution < -0.4 is 0 Å². The van der Waals surface area contributed by atoms with E-state index in [2.05, 4.69) is 4.89 Å². The van der Waals surface area contributed by atoms with Crippen molar-refractivity contribution in [3.63, 3.8) is 0 Å². The van der Waals surface area contributed by atoms with Gasteiger partial charge in [-0.3, -0.25) is 10.1 Å². The quantitative estimate of drug-likeness (QED) is 0.453. The summed E-state index contributed by atoms with van der Waals surface area (Å²) in [6.07, 6.45) is 0.577. The molecule has 1 aromatic rings. The standard InChI is InChI=1S/C12H16O4/c1-12(2,14)11(13)10-5-3-9(4-6-10)7-8-16-15/h3-6,14-15H,7-8H2,1-2H3. The van der Waals surface area contributed by atoms with E-state index < -0.39 is 5.60 Å². The second kappa shape index (κ2) is 5.21. The number of carbonyl (C=O) groups is 1. The summed E-state index contributed by atoms with van der Waals surface area (Å²) in [6, 6.07) is 6.87. The summed E-state index contributed by atoms with van der Waals surface area (Å²) in [7, 11) is 0. The smallest absolute Gasteiger partial charge is 0.193 e. The monoisotopic (exact) mass is 224 g/mol. The summed E-state index contributed by atoms with van der Waals surface area (Å²) >= 11 is 0. The van der Waals surface area contributed by atoms with Crippen molar-refractivity contribution in [2.24, 2.45) is 0 Å². The van der Waals surface area contributed by atoms with Crippen molar-refractivity contribution in [1.29, 1.82) is 0 Å². The van der Waals surface area contributed by atoms with Gasteiger partial charge in [0, 0.05) is 5.56 Å². The zero-order valence-electron chi connectivity index (χ0n) is 9.43. The van der Waals surface area contributed by atoms with Gasteiger partial charge in [0.15, 0.2) is 5.78 Å². The molecule has 0 aliphatic carbocycles. The largest absolute Gasteiger partial charge is 0.382 e. The lowest BCUT2D eigenvalue weighted by Gasteiger charge is -2.15. The first-order chi connectivity index (χ1) is 7.45. The number of carbonyl (C=O) groups excluding carboxylic acids is 1. The van der Waals surface area contributed by atoms with Gasteiger partial charge in [-0.1, -0.05) is 24.3 Å². The Balaban J connectivity index is 2.75. The molecule has 0 saturated carbocycles. The molecule has 2 N–H and O–H groups in total. The predicted octanol–water partition coefficient (Wildman–Crippen LogP) is 1.67. The molecule has 0 unspecified atom stereocenters. The predicted molar refractivity (Wildman–Crippen MR) is 59.4 cm³/mol. The lowest BCUT2D eigenvalue weighted by atomic mass is 9.96. The molecule has 0 aromatic heterocycles. The van der Waals surface area contributed by atoms with E-state index in [1.807, 2.05) is 0 Å². The van der Waals surface area contributed by atoms with Gasteiger partial charge in [-0.2, -0.15) is 0 Å². The van der Waals surface area contributed by atoms with E-state index in [1.165, 1.54) is 13.8 Å².